The molecule has 0 radical (unpaired) electrons. The summed E-state index contributed by atoms with van der Waals surface area (Å²) >= 11 is 1.76. The van der Waals surface area contributed by atoms with E-state index in [1.807, 2.05) is 6.92 Å². The van der Waals surface area contributed by atoms with Gasteiger partial charge in [-0.05, 0) is 12.7 Å². The highest BCUT2D eigenvalue weighted by Gasteiger charge is 2.08. The Balaban J connectivity index is 2.52. The first-order chi connectivity index (χ1) is 5.74. The number of nitrogens with two attached hydrogens (primary N) is 1. The van der Waals surface area contributed by atoms with Crippen LogP contribution in [0.1, 0.15) is 31.6 Å². The van der Waals surface area contributed by atoms with Crippen molar-refractivity contribution in [3.8, 4) is 0 Å². The maximum Gasteiger partial charge on any atom is 0.243 e. The zero-order chi connectivity index (χ0) is 8.97. The molecule has 0 saturated heterocycles. The van der Waals surface area contributed by atoms with Crippen molar-refractivity contribution >= 4 is 11.8 Å². The Bertz CT molecular complexity index is 236. The summed E-state index contributed by atoms with van der Waals surface area (Å²) in [6, 6.07) is -0.169. The van der Waals surface area contributed by atoms with Crippen LogP contribution in [0, 0.1) is 0 Å². The van der Waals surface area contributed by atoms with Gasteiger partial charge in [-0.15, -0.1) is 0 Å². The van der Waals surface area contributed by atoms with Gasteiger partial charge >= 0.3 is 0 Å². The van der Waals surface area contributed by atoms with E-state index in [2.05, 4.69) is 17.1 Å². The van der Waals surface area contributed by atoms with Crippen molar-refractivity contribution in [1.82, 2.24) is 10.1 Å². The first-order valence-electron chi connectivity index (χ1n) is 3.89. The molecule has 0 aromatic carbocycles. The lowest BCUT2D eigenvalue weighted by molar-refractivity contribution is 0.358. The number of thioether (sulfide) groups is 1. The lowest BCUT2D eigenvalue weighted by atomic mass is 10.4. The molecule has 0 bridgehead atoms. The Morgan fingerprint density at radius 3 is 2.92 bits per heavy atom. The van der Waals surface area contributed by atoms with Crippen molar-refractivity contribution in [2.45, 2.75) is 25.6 Å². The van der Waals surface area contributed by atoms with Gasteiger partial charge in [0.15, 0.2) is 5.82 Å². The number of aromatic nitrogens is 2. The molecule has 1 aromatic heterocycles. The molecule has 0 aliphatic heterocycles. The lowest BCUT2D eigenvalue weighted by Gasteiger charge is -1.93. The molecule has 1 heterocycles. The van der Waals surface area contributed by atoms with Crippen LogP contribution in [0.4, 0.5) is 0 Å². The van der Waals surface area contributed by atoms with Gasteiger partial charge in [0.05, 0.1) is 11.8 Å². The minimum absolute atomic E-state index is 0.169. The van der Waals surface area contributed by atoms with E-state index in [1.165, 1.54) is 0 Å². The van der Waals surface area contributed by atoms with E-state index in [4.69, 9.17) is 10.3 Å². The fourth-order valence-electron chi connectivity index (χ4n) is 0.704. The molecule has 68 valence electrons. The molecular weight excluding hydrogens is 174 g/mol. The SMILES string of the molecule is CCSCc1noc([C@H](C)N)n1. The quantitative estimate of drug-likeness (QED) is 0.770. The molecule has 1 rings (SSSR count). The predicted molar refractivity (Wildman–Crippen MR) is 48.7 cm³/mol. The van der Waals surface area contributed by atoms with Crippen molar-refractivity contribution in [1.29, 1.82) is 0 Å². The molecule has 4 nitrogen and oxygen atoms in total. The van der Waals surface area contributed by atoms with Crippen molar-refractivity contribution in [3.05, 3.63) is 11.7 Å². The third kappa shape index (κ3) is 2.49. The minimum Gasteiger partial charge on any atom is -0.338 e. The Kier molecular flexibility index (Phi) is 3.55. The molecule has 0 saturated carbocycles. The van der Waals surface area contributed by atoms with Crippen LogP contribution in [0.25, 0.3) is 0 Å². The highest BCUT2D eigenvalue weighted by molar-refractivity contribution is 7.98. The van der Waals surface area contributed by atoms with Crippen LogP contribution in [0.15, 0.2) is 4.52 Å². The van der Waals surface area contributed by atoms with E-state index in [0.29, 0.717) is 5.89 Å². The van der Waals surface area contributed by atoms with Gasteiger partial charge in [-0.25, -0.2) is 0 Å². The van der Waals surface area contributed by atoms with Crippen molar-refractivity contribution in [3.63, 3.8) is 0 Å². The standard InChI is InChI=1S/C7H13N3OS/c1-3-12-4-6-9-7(5(2)8)11-10-6/h5H,3-4,8H2,1-2H3/t5-/m0/s1. The first kappa shape index (κ1) is 9.54. The maximum atomic E-state index is 5.55. The molecular formula is C7H13N3OS. The number of nitrogens with zero attached hydrogens (tertiary/aromatic N) is 2. The van der Waals surface area contributed by atoms with Gasteiger partial charge in [0, 0.05) is 0 Å². The van der Waals surface area contributed by atoms with Crippen molar-refractivity contribution in [2.24, 2.45) is 5.73 Å². The smallest absolute Gasteiger partial charge is 0.243 e. The van der Waals surface area contributed by atoms with Crippen LogP contribution < -0.4 is 5.73 Å². The van der Waals surface area contributed by atoms with E-state index >= 15 is 0 Å². The third-order valence-electron chi connectivity index (χ3n) is 1.31. The molecule has 1 aromatic rings. The highest BCUT2D eigenvalue weighted by atomic mass is 32.2. The maximum absolute atomic E-state index is 5.55. The summed E-state index contributed by atoms with van der Waals surface area (Å²) in [7, 11) is 0. The van der Waals surface area contributed by atoms with Crippen LogP contribution >= 0.6 is 11.8 Å². The Hall–Kier alpha value is -0.550. The number of hydrogen-bond donors (Lipinski definition) is 1. The number of hydrogen-bond acceptors (Lipinski definition) is 5. The van der Waals surface area contributed by atoms with E-state index in [-0.39, 0.29) is 6.04 Å². The summed E-state index contributed by atoms with van der Waals surface area (Å²) in [5.74, 6) is 3.10. The van der Waals surface area contributed by atoms with E-state index in [9.17, 15) is 0 Å². The van der Waals surface area contributed by atoms with Gasteiger partial charge in [-0.3, -0.25) is 0 Å². The Morgan fingerprint density at radius 2 is 2.42 bits per heavy atom. The van der Waals surface area contributed by atoms with Crippen LogP contribution in [0.2, 0.25) is 0 Å². The van der Waals surface area contributed by atoms with Gasteiger partial charge in [-0.2, -0.15) is 16.7 Å². The second kappa shape index (κ2) is 4.47. The molecule has 0 aliphatic rings. The lowest BCUT2D eigenvalue weighted by Crippen LogP contribution is -2.05. The van der Waals surface area contributed by atoms with Crippen molar-refractivity contribution < 1.29 is 4.52 Å². The summed E-state index contributed by atoms with van der Waals surface area (Å²) in [5.41, 5.74) is 5.55. The average molecular weight is 187 g/mol. The van der Waals surface area contributed by atoms with Gasteiger partial charge in [0.25, 0.3) is 0 Å². The van der Waals surface area contributed by atoms with E-state index in [0.717, 1.165) is 17.3 Å². The normalized spacial score (nSPS) is 13.2. The molecule has 1 atom stereocenters. The van der Waals surface area contributed by atoms with Gasteiger partial charge in [-0.1, -0.05) is 12.1 Å². The topological polar surface area (TPSA) is 64.9 Å². The number of rotatable bonds is 4. The zero-order valence-corrected chi connectivity index (χ0v) is 8.10. The van der Waals surface area contributed by atoms with Crippen molar-refractivity contribution in [2.75, 3.05) is 5.75 Å². The van der Waals surface area contributed by atoms with Gasteiger partial charge in [0.2, 0.25) is 5.89 Å². The van der Waals surface area contributed by atoms with Crippen LogP contribution in [-0.2, 0) is 5.75 Å². The minimum atomic E-state index is -0.169. The molecule has 0 fully saturated rings. The molecule has 0 aliphatic carbocycles. The fourth-order valence-corrected chi connectivity index (χ4v) is 1.21. The molecule has 12 heavy (non-hydrogen) atoms. The highest BCUT2D eigenvalue weighted by Crippen LogP contribution is 2.11. The zero-order valence-electron chi connectivity index (χ0n) is 7.28. The molecule has 0 unspecified atom stereocenters. The monoisotopic (exact) mass is 187 g/mol. The third-order valence-corrected chi connectivity index (χ3v) is 2.18. The second-order valence-electron chi connectivity index (χ2n) is 2.47. The average Bonchev–Trinajstić information content (AvgIpc) is 2.48. The van der Waals surface area contributed by atoms with Crippen LogP contribution in [0.5, 0.6) is 0 Å². The molecule has 0 spiro atoms. The summed E-state index contributed by atoms with van der Waals surface area (Å²) < 4.78 is 4.92. The summed E-state index contributed by atoms with van der Waals surface area (Å²) in [6.07, 6.45) is 0. The Morgan fingerprint density at radius 1 is 1.67 bits per heavy atom. The summed E-state index contributed by atoms with van der Waals surface area (Å²) in [5, 5.41) is 3.79. The fraction of sp³-hybridized carbons (Fsp3) is 0.714. The largest absolute Gasteiger partial charge is 0.338 e. The van der Waals surface area contributed by atoms with Gasteiger partial charge in [0.1, 0.15) is 0 Å². The van der Waals surface area contributed by atoms with E-state index in [1.54, 1.807) is 11.8 Å². The second-order valence-corrected chi connectivity index (χ2v) is 3.75. The predicted octanol–water partition coefficient (Wildman–Crippen LogP) is 1.34. The molecule has 2 N–H and O–H groups in total. The van der Waals surface area contributed by atoms with Gasteiger partial charge < -0.3 is 10.3 Å². The van der Waals surface area contributed by atoms with E-state index < -0.39 is 0 Å². The molecule has 0 amide bonds. The molecule has 5 heteroatoms. The Labute approximate surface area is 75.9 Å². The summed E-state index contributed by atoms with van der Waals surface area (Å²) in [4.78, 5) is 4.12. The first-order valence-corrected chi connectivity index (χ1v) is 5.05. The summed E-state index contributed by atoms with van der Waals surface area (Å²) in [6.45, 7) is 3.92. The van der Waals surface area contributed by atoms with Crippen LogP contribution in [0.3, 0.4) is 0 Å². The van der Waals surface area contributed by atoms with Crippen LogP contribution in [-0.4, -0.2) is 15.9 Å².